The SMILES string of the molecule is Cc1nc(C(=O)NC(CN)CC(C)C)no1. The third-order valence-corrected chi connectivity index (χ3v) is 2.11. The second-order valence-corrected chi connectivity index (χ2v) is 4.17. The van der Waals surface area contributed by atoms with E-state index in [2.05, 4.69) is 29.3 Å². The number of carbonyl (C=O) groups excluding carboxylic acids is 1. The van der Waals surface area contributed by atoms with Crippen molar-refractivity contribution in [2.24, 2.45) is 11.7 Å². The first kappa shape index (κ1) is 12.6. The van der Waals surface area contributed by atoms with E-state index in [1.54, 1.807) is 6.92 Å². The standard InChI is InChI=1S/C10H18N4O2/c1-6(2)4-8(5-11)13-10(15)9-12-7(3)16-14-9/h6,8H,4-5,11H2,1-3H3,(H,13,15). The van der Waals surface area contributed by atoms with Gasteiger partial charge >= 0.3 is 0 Å². The number of carbonyl (C=O) groups is 1. The summed E-state index contributed by atoms with van der Waals surface area (Å²) in [5.74, 6) is 0.562. The summed E-state index contributed by atoms with van der Waals surface area (Å²) in [6, 6.07) is -0.0497. The van der Waals surface area contributed by atoms with E-state index >= 15 is 0 Å². The van der Waals surface area contributed by atoms with E-state index in [1.807, 2.05) is 0 Å². The number of nitrogens with zero attached hydrogens (tertiary/aromatic N) is 2. The van der Waals surface area contributed by atoms with Gasteiger partial charge in [-0.05, 0) is 12.3 Å². The molecule has 0 fully saturated rings. The van der Waals surface area contributed by atoms with E-state index < -0.39 is 0 Å². The molecular weight excluding hydrogens is 208 g/mol. The molecule has 0 aliphatic rings. The van der Waals surface area contributed by atoms with Crippen molar-refractivity contribution in [3.63, 3.8) is 0 Å². The van der Waals surface area contributed by atoms with E-state index in [1.165, 1.54) is 0 Å². The lowest BCUT2D eigenvalue weighted by Crippen LogP contribution is -2.41. The Labute approximate surface area is 94.6 Å². The fraction of sp³-hybridized carbons (Fsp3) is 0.700. The van der Waals surface area contributed by atoms with Gasteiger partial charge in [-0.2, -0.15) is 4.98 Å². The van der Waals surface area contributed by atoms with Crippen molar-refractivity contribution in [2.45, 2.75) is 33.2 Å². The zero-order valence-corrected chi connectivity index (χ0v) is 9.86. The zero-order chi connectivity index (χ0) is 12.1. The van der Waals surface area contributed by atoms with Gasteiger partial charge in [-0.1, -0.05) is 19.0 Å². The van der Waals surface area contributed by atoms with Crippen LogP contribution in [-0.2, 0) is 0 Å². The molecule has 1 unspecified atom stereocenters. The molecule has 1 rings (SSSR count). The Morgan fingerprint density at radius 3 is 2.69 bits per heavy atom. The Kier molecular flexibility index (Phi) is 4.42. The molecule has 1 aromatic heterocycles. The lowest BCUT2D eigenvalue weighted by atomic mass is 10.0. The summed E-state index contributed by atoms with van der Waals surface area (Å²) >= 11 is 0. The van der Waals surface area contributed by atoms with Crippen molar-refractivity contribution in [2.75, 3.05) is 6.54 Å². The number of nitrogens with two attached hydrogens (primary N) is 1. The number of aryl methyl sites for hydroxylation is 1. The number of hydrogen-bond donors (Lipinski definition) is 2. The molecule has 0 bridgehead atoms. The normalized spacial score (nSPS) is 12.8. The number of hydrogen-bond acceptors (Lipinski definition) is 5. The molecule has 0 spiro atoms. The summed E-state index contributed by atoms with van der Waals surface area (Å²) in [6.45, 7) is 6.19. The Morgan fingerprint density at radius 2 is 2.25 bits per heavy atom. The molecule has 1 aromatic rings. The van der Waals surface area contributed by atoms with Crippen molar-refractivity contribution in [1.29, 1.82) is 0 Å². The second kappa shape index (κ2) is 5.60. The van der Waals surface area contributed by atoms with Gasteiger partial charge in [0.1, 0.15) is 0 Å². The molecule has 1 amide bonds. The number of amides is 1. The maximum atomic E-state index is 11.7. The smallest absolute Gasteiger partial charge is 0.292 e. The minimum atomic E-state index is -0.340. The number of aromatic nitrogens is 2. The fourth-order valence-corrected chi connectivity index (χ4v) is 1.42. The first-order valence-corrected chi connectivity index (χ1v) is 5.34. The van der Waals surface area contributed by atoms with Crippen LogP contribution in [0.2, 0.25) is 0 Å². The van der Waals surface area contributed by atoms with Gasteiger partial charge in [-0.25, -0.2) is 0 Å². The van der Waals surface area contributed by atoms with E-state index in [-0.39, 0.29) is 17.8 Å². The van der Waals surface area contributed by atoms with Gasteiger partial charge in [-0.15, -0.1) is 0 Å². The maximum absolute atomic E-state index is 11.7. The molecule has 3 N–H and O–H groups in total. The molecule has 1 heterocycles. The molecule has 0 saturated heterocycles. The lowest BCUT2D eigenvalue weighted by Gasteiger charge is -2.17. The third-order valence-electron chi connectivity index (χ3n) is 2.11. The van der Waals surface area contributed by atoms with Crippen LogP contribution in [0, 0.1) is 12.8 Å². The van der Waals surface area contributed by atoms with Crippen molar-refractivity contribution < 1.29 is 9.32 Å². The maximum Gasteiger partial charge on any atom is 0.292 e. The van der Waals surface area contributed by atoms with E-state index in [0.717, 1.165) is 6.42 Å². The van der Waals surface area contributed by atoms with Crippen LogP contribution in [0.25, 0.3) is 0 Å². The van der Waals surface area contributed by atoms with Crippen LogP contribution in [0.15, 0.2) is 4.52 Å². The first-order chi connectivity index (χ1) is 7.52. The minimum Gasteiger partial charge on any atom is -0.345 e. The molecule has 1 atom stereocenters. The number of nitrogens with one attached hydrogen (secondary N) is 1. The first-order valence-electron chi connectivity index (χ1n) is 5.34. The summed E-state index contributed by atoms with van der Waals surface area (Å²) in [5.41, 5.74) is 5.57. The zero-order valence-electron chi connectivity index (χ0n) is 9.86. The van der Waals surface area contributed by atoms with Crippen LogP contribution in [0.3, 0.4) is 0 Å². The Hall–Kier alpha value is -1.43. The largest absolute Gasteiger partial charge is 0.345 e. The van der Waals surface area contributed by atoms with Crippen molar-refractivity contribution in [3.05, 3.63) is 11.7 Å². The molecule has 6 heteroatoms. The molecule has 0 aromatic carbocycles. The van der Waals surface area contributed by atoms with Gasteiger partial charge in [0.05, 0.1) is 0 Å². The molecule has 0 saturated carbocycles. The highest BCUT2D eigenvalue weighted by Crippen LogP contribution is 2.04. The van der Waals surface area contributed by atoms with Crippen LogP contribution < -0.4 is 11.1 Å². The van der Waals surface area contributed by atoms with Crippen molar-refractivity contribution in [1.82, 2.24) is 15.5 Å². The average Bonchev–Trinajstić information content (AvgIpc) is 2.63. The van der Waals surface area contributed by atoms with E-state index in [9.17, 15) is 4.79 Å². The van der Waals surface area contributed by atoms with Gasteiger partial charge in [0.15, 0.2) is 0 Å². The molecule has 16 heavy (non-hydrogen) atoms. The van der Waals surface area contributed by atoms with Crippen LogP contribution in [0.4, 0.5) is 0 Å². The second-order valence-electron chi connectivity index (χ2n) is 4.17. The van der Waals surface area contributed by atoms with Gasteiger partial charge in [0.2, 0.25) is 5.89 Å². The van der Waals surface area contributed by atoms with Crippen LogP contribution in [0.5, 0.6) is 0 Å². The Morgan fingerprint density at radius 1 is 1.56 bits per heavy atom. The van der Waals surface area contributed by atoms with E-state index in [0.29, 0.717) is 18.4 Å². The summed E-state index contributed by atoms with van der Waals surface area (Å²) in [5, 5.41) is 6.32. The summed E-state index contributed by atoms with van der Waals surface area (Å²) < 4.78 is 4.73. The molecule has 0 aliphatic carbocycles. The van der Waals surface area contributed by atoms with Gasteiger partial charge in [0.25, 0.3) is 11.7 Å². The van der Waals surface area contributed by atoms with Crippen molar-refractivity contribution in [3.8, 4) is 0 Å². The Bertz CT molecular complexity index is 348. The van der Waals surface area contributed by atoms with Gasteiger partial charge in [-0.3, -0.25) is 4.79 Å². The molecule has 0 radical (unpaired) electrons. The van der Waals surface area contributed by atoms with Crippen molar-refractivity contribution >= 4 is 5.91 Å². The monoisotopic (exact) mass is 226 g/mol. The lowest BCUT2D eigenvalue weighted by molar-refractivity contribution is 0.0920. The quantitative estimate of drug-likeness (QED) is 0.761. The summed E-state index contributed by atoms with van der Waals surface area (Å²) in [7, 11) is 0. The topological polar surface area (TPSA) is 94.0 Å². The number of rotatable bonds is 5. The average molecular weight is 226 g/mol. The predicted octanol–water partition coefficient (Wildman–Crippen LogP) is 0.481. The Balaban J connectivity index is 2.55. The molecule has 6 nitrogen and oxygen atoms in total. The third kappa shape index (κ3) is 3.62. The van der Waals surface area contributed by atoms with Crippen LogP contribution in [-0.4, -0.2) is 28.6 Å². The van der Waals surface area contributed by atoms with E-state index in [4.69, 9.17) is 10.3 Å². The summed E-state index contributed by atoms with van der Waals surface area (Å²) in [6.07, 6.45) is 0.832. The summed E-state index contributed by atoms with van der Waals surface area (Å²) in [4.78, 5) is 15.5. The predicted molar refractivity (Wildman–Crippen MR) is 58.8 cm³/mol. The molecular formula is C10H18N4O2. The van der Waals surface area contributed by atoms with Gasteiger partial charge in [0, 0.05) is 19.5 Å². The molecule has 0 aliphatic heterocycles. The highest BCUT2D eigenvalue weighted by molar-refractivity contribution is 5.90. The molecule has 90 valence electrons. The van der Waals surface area contributed by atoms with Crippen LogP contribution >= 0.6 is 0 Å². The highest BCUT2D eigenvalue weighted by Gasteiger charge is 2.17. The highest BCUT2D eigenvalue weighted by atomic mass is 16.5. The van der Waals surface area contributed by atoms with Gasteiger partial charge < -0.3 is 15.6 Å². The van der Waals surface area contributed by atoms with Crippen LogP contribution in [0.1, 0.15) is 36.8 Å². The minimum absolute atomic E-state index is 0.0497. The fourth-order valence-electron chi connectivity index (χ4n) is 1.42.